The van der Waals surface area contributed by atoms with E-state index < -0.39 is 5.97 Å². The summed E-state index contributed by atoms with van der Waals surface area (Å²) < 4.78 is 3.33. The molecule has 5 rings (SSSR count). The predicted molar refractivity (Wildman–Crippen MR) is 151 cm³/mol. The summed E-state index contributed by atoms with van der Waals surface area (Å²) in [6.07, 6.45) is 4.20. The van der Waals surface area contributed by atoms with Gasteiger partial charge in [-0.05, 0) is 54.6 Å². The first-order valence-corrected chi connectivity index (χ1v) is 12.6. The van der Waals surface area contributed by atoms with Crippen LogP contribution in [0.4, 0.5) is 0 Å². The van der Waals surface area contributed by atoms with Gasteiger partial charge >= 0.3 is 11.7 Å². The number of phenols is 1. The van der Waals surface area contributed by atoms with Crippen molar-refractivity contribution >= 4 is 23.0 Å². The Bertz CT molecular complexity index is 1640. The third-order valence-electron chi connectivity index (χ3n) is 7.23. The number of aliphatic imine (C=N–C) groups is 1. The van der Waals surface area contributed by atoms with Crippen LogP contribution in [0.1, 0.15) is 22.8 Å². The molecule has 10 nitrogen and oxygen atoms in total. The van der Waals surface area contributed by atoms with E-state index in [-0.39, 0.29) is 23.0 Å². The van der Waals surface area contributed by atoms with Crippen LogP contribution in [-0.2, 0) is 0 Å². The zero-order chi connectivity index (χ0) is 27.7. The Morgan fingerprint density at radius 1 is 1.23 bits per heavy atom. The molecule has 2 N–H and O–H groups in total. The maximum atomic E-state index is 13.9. The smallest absolute Gasteiger partial charge is 0.335 e. The zero-order valence-electron chi connectivity index (χ0n) is 21.9. The molecule has 0 bridgehead atoms. The maximum absolute atomic E-state index is 13.9. The topological polar surface area (TPSA) is 116 Å². The van der Waals surface area contributed by atoms with Crippen molar-refractivity contribution in [2.75, 3.05) is 33.7 Å². The molecule has 0 radical (unpaired) electrons. The lowest BCUT2D eigenvalue weighted by Gasteiger charge is -2.22. The van der Waals surface area contributed by atoms with E-state index in [9.17, 15) is 14.7 Å². The van der Waals surface area contributed by atoms with E-state index >= 15 is 0 Å². The summed E-state index contributed by atoms with van der Waals surface area (Å²) in [5, 5.41) is 20.0. The molecule has 39 heavy (non-hydrogen) atoms. The summed E-state index contributed by atoms with van der Waals surface area (Å²) in [7, 11) is 3.67. The number of rotatable bonds is 7. The minimum Gasteiger partial charge on any atom is -0.507 e. The molecule has 0 amide bonds. The number of amidine groups is 1. The third kappa shape index (κ3) is 4.82. The lowest BCUT2D eigenvalue weighted by molar-refractivity contribution is 0.0697. The standard InChI is InChI=1S/C29H30N6O4/c1-4-32(3)26(30-2)18-33-15-13-22(17-33)35-27-24(6-5-14-31-27)34(29(35)39)21-11-12-23(25(36)16-21)19-7-9-20(10-8-19)28(37)38/h4-12,14,16,22,36H,1,13,15,17-18H2,2-3H3,(H,37,38)/b30-26-/t22-/m0/s1. The summed E-state index contributed by atoms with van der Waals surface area (Å²) in [5.41, 5.74) is 2.91. The van der Waals surface area contributed by atoms with Crippen molar-refractivity contribution in [2.45, 2.75) is 12.5 Å². The summed E-state index contributed by atoms with van der Waals surface area (Å²) in [6.45, 7) is 5.96. The van der Waals surface area contributed by atoms with Crippen molar-refractivity contribution < 1.29 is 15.0 Å². The number of pyridine rings is 1. The molecule has 0 saturated carbocycles. The molecule has 1 aliphatic rings. The number of nitrogens with zero attached hydrogens (tertiary/aromatic N) is 6. The van der Waals surface area contributed by atoms with E-state index in [1.165, 1.54) is 12.1 Å². The second-order valence-corrected chi connectivity index (χ2v) is 9.53. The molecule has 0 aliphatic carbocycles. The van der Waals surface area contributed by atoms with Crippen molar-refractivity contribution in [2.24, 2.45) is 4.99 Å². The van der Waals surface area contributed by atoms with E-state index in [1.54, 1.807) is 65.0 Å². The average Bonchev–Trinajstić information content (AvgIpc) is 3.52. The van der Waals surface area contributed by atoms with Crippen LogP contribution in [-0.4, -0.2) is 79.7 Å². The van der Waals surface area contributed by atoms with E-state index in [1.807, 2.05) is 18.0 Å². The number of carboxylic acid groups (broad SMARTS) is 1. The van der Waals surface area contributed by atoms with Crippen LogP contribution >= 0.6 is 0 Å². The number of hydrogen-bond acceptors (Lipinski definition) is 6. The van der Waals surface area contributed by atoms with Gasteiger partial charge < -0.3 is 15.1 Å². The molecule has 0 spiro atoms. The highest BCUT2D eigenvalue weighted by atomic mass is 16.4. The third-order valence-corrected chi connectivity index (χ3v) is 7.23. The summed E-state index contributed by atoms with van der Waals surface area (Å²) in [6, 6.07) is 14.9. The molecule has 3 heterocycles. The van der Waals surface area contributed by atoms with E-state index in [0.717, 1.165) is 18.8 Å². The van der Waals surface area contributed by atoms with Crippen molar-refractivity contribution in [1.29, 1.82) is 0 Å². The molecule has 2 aromatic heterocycles. The molecule has 1 aliphatic heterocycles. The van der Waals surface area contributed by atoms with Crippen LogP contribution in [0.5, 0.6) is 5.75 Å². The van der Waals surface area contributed by atoms with Crippen molar-refractivity contribution in [3.8, 4) is 22.6 Å². The molecule has 200 valence electrons. The first-order valence-electron chi connectivity index (χ1n) is 12.6. The average molecular weight is 527 g/mol. The number of likely N-dealkylation sites (tertiary alicyclic amines) is 1. The van der Waals surface area contributed by atoms with Crippen molar-refractivity contribution in [1.82, 2.24) is 23.9 Å². The van der Waals surface area contributed by atoms with Crippen LogP contribution in [0, 0.1) is 0 Å². The van der Waals surface area contributed by atoms with Gasteiger partial charge in [0.1, 0.15) is 11.6 Å². The second-order valence-electron chi connectivity index (χ2n) is 9.53. The fourth-order valence-electron chi connectivity index (χ4n) is 5.14. The predicted octanol–water partition coefficient (Wildman–Crippen LogP) is 3.61. The quantitative estimate of drug-likeness (QED) is 0.279. The number of aromatic nitrogens is 3. The summed E-state index contributed by atoms with van der Waals surface area (Å²) in [4.78, 5) is 38.1. The Labute approximate surface area is 225 Å². The summed E-state index contributed by atoms with van der Waals surface area (Å²) >= 11 is 0. The van der Waals surface area contributed by atoms with Crippen molar-refractivity contribution in [3.63, 3.8) is 0 Å². The number of carboxylic acids is 1. The van der Waals surface area contributed by atoms with Crippen molar-refractivity contribution in [3.05, 3.63) is 89.6 Å². The number of hydrogen-bond donors (Lipinski definition) is 2. The fraction of sp³-hybridized carbons (Fsp3) is 0.241. The monoisotopic (exact) mass is 526 g/mol. The molecule has 1 fully saturated rings. The molecule has 2 aromatic carbocycles. The van der Waals surface area contributed by atoms with Crippen LogP contribution in [0.15, 0.2) is 83.4 Å². The minimum atomic E-state index is -1.01. The largest absolute Gasteiger partial charge is 0.507 e. The maximum Gasteiger partial charge on any atom is 0.335 e. The van der Waals surface area contributed by atoms with Gasteiger partial charge in [-0.1, -0.05) is 18.7 Å². The molecular formula is C29H30N6O4. The Morgan fingerprint density at radius 2 is 2.00 bits per heavy atom. The minimum absolute atomic E-state index is 0.0166. The number of benzene rings is 2. The van der Waals surface area contributed by atoms with Gasteiger partial charge in [-0.3, -0.25) is 19.0 Å². The van der Waals surface area contributed by atoms with Crippen LogP contribution in [0.3, 0.4) is 0 Å². The Balaban J connectivity index is 1.49. The molecule has 0 unspecified atom stereocenters. The van der Waals surface area contributed by atoms with Crippen LogP contribution in [0.2, 0.25) is 0 Å². The van der Waals surface area contributed by atoms with Gasteiger partial charge in [0.25, 0.3) is 0 Å². The highest BCUT2D eigenvalue weighted by Gasteiger charge is 2.30. The van der Waals surface area contributed by atoms with Gasteiger partial charge in [-0.25, -0.2) is 14.6 Å². The molecule has 1 atom stereocenters. The van der Waals surface area contributed by atoms with Gasteiger partial charge in [-0.2, -0.15) is 0 Å². The Hall–Kier alpha value is -4.70. The molecule has 1 saturated heterocycles. The highest BCUT2D eigenvalue weighted by molar-refractivity contribution is 5.88. The number of phenolic OH excluding ortho intramolecular Hbond substituents is 1. The van der Waals surface area contributed by atoms with E-state index in [2.05, 4.69) is 21.5 Å². The Morgan fingerprint density at radius 3 is 2.67 bits per heavy atom. The van der Waals surface area contributed by atoms with Gasteiger partial charge in [0.15, 0.2) is 5.65 Å². The number of carbonyl (C=O) groups is 1. The molecule has 4 aromatic rings. The lowest BCUT2D eigenvalue weighted by atomic mass is 10.0. The molecular weight excluding hydrogens is 496 g/mol. The second kappa shape index (κ2) is 10.6. The number of fused-ring (bicyclic) bond motifs is 1. The number of aromatic hydroxyl groups is 1. The molecule has 10 heteroatoms. The lowest BCUT2D eigenvalue weighted by Crippen LogP contribution is -2.36. The van der Waals surface area contributed by atoms with E-state index in [0.29, 0.717) is 41.1 Å². The van der Waals surface area contributed by atoms with Crippen LogP contribution in [0.25, 0.3) is 28.0 Å². The SMILES string of the molecule is C=CN(C)/C(CN1CC[C@H](n2c(=O)n(-c3ccc(-c4ccc(C(=O)O)cc4)c(O)c3)c3cccnc32)C1)=N\C. The number of imidazole rings is 1. The number of likely N-dealkylation sites (N-methyl/N-ethyl adjacent to an activating group) is 1. The zero-order valence-corrected chi connectivity index (χ0v) is 21.9. The first kappa shape index (κ1) is 25.9. The number of aromatic carboxylic acids is 1. The van der Waals surface area contributed by atoms with Gasteiger partial charge in [0, 0.05) is 45.0 Å². The summed E-state index contributed by atoms with van der Waals surface area (Å²) in [5.74, 6) is -0.136. The van der Waals surface area contributed by atoms with E-state index in [4.69, 9.17) is 5.11 Å². The van der Waals surface area contributed by atoms with Gasteiger partial charge in [-0.15, -0.1) is 0 Å². The first-order chi connectivity index (χ1) is 18.8. The normalized spacial score (nSPS) is 16.1. The van der Waals surface area contributed by atoms with Gasteiger partial charge in [0.05, 0.1) is 29.4 Å². The van der Waals surface area contributed by atoms with Gasteiger partial charge in [0.2, 0.25) is 0 Å². The Kier molecular flexibility index (Phi) is 7.03. The fourth-order valence-corrected chi connectivity index (χ4v) is 5.14. The highest BCUT2D eigenvalue weighted by Crippen LogP contribution is 2.32. The van der Waals surface area contributed by atoms with Crippen LogP contribution < -0.4 is 5.69 Å².